The topological polar surface area (TPSA) is 57.8 Å². The molecule has 3 rings (SSSR count). The highest BCUT2D eigenvalue weighted by atomic mass is 16.2. The minimum absolute atomic E-state index is 0.0433. The first-order valence-electron chi connectivity index (χ1n) is 6.22. The second kappa shape index (κ2) is 4.64. The van der Waals surface area contributed by atoms with Gasteiger partial charge in [0.1, 0.15) is 5.82 Å². The second-order valence-corrected chi connectivity index (χ2v) is 4.60. The van der Waals surface area contributed by atoms with Gasteiger partial charge in [-0.1, -0.05) is 24.3 Å². The van der Waals surface area contributed by atoms with Gasteiger partial charge in [-0.3, -0.25) is 9.89 Å². The van der Waals surface area contributed by atoms with Crippen LogP contribution in [0.3, 0.4) is 0 Å². The number of amides is 1. The average molecular weight is 241 g/mol. The summed E-state index contributed by atoms with van der Waals surface area (Å²) in [7, 11) is 0. The summed E-state index contributed by atoms with van der Waals surface area (Å²) >= 11 is 0. The number of hydrogen-bond acceptors (Lipinski definition) is 2. The van der Waals surface area contributed by atoms with E-state index >= 15 is 0 Å². The van der Waals surface area contributed by atoms with Gasteiger partial charge in [0.15, 0.2) is 0 Å². The number of H-pyrrole nitrogens is 1. The number of fused-ring (bicyclic) bond motifs is 1. The van der Waals surface area contributed by atoms with Crippen molar-refractivity contribution >= 4 is 11.7 Å². The van der Waals surface area contributed by atoms with Gasteiger partial charge in [0, 0.05) is 6.07 Å². The van der Waals surface area contributed by atoms with E-state index in [4.69, 9.17) is 0 Å². The van der Waals surface area contributed by atoms with Crippen molar-refractivity contribution in [2.75, 3.05) is 5.32 Å². The Bertz CT molecular complexity index is 548. The maximum Gasteiger partial charge on any atom is 0.233 e. The predicted molar refractivity (Wildman–Crippen MR) is 69.3 cm³/mol. The second-order valence-electron chi connectivity index (χ2n) is 4.60. The van der Waals surface area contributed by atoms with Crippen LogP contribution in [0.25, 0.3) is 0 Å². The van der Waals surface area contributed by atoms with Crippen molar-refractivity contribution in [1.82, 2.24) is 10.2 Å². The van der Waals surface area contributed by atoms with Crippen LogP contribution in [0, 0.1) is 0 Å². The fourth-order valence-corrected chi connectivity index (χ4v) is 2.57. The fraction of sp³-hybridized carbons (Fsp3) is 0.286. The first kappa shape index (κ1) is 11.0. The largest absolute Gasteiger partial charge is 0.311 e. The summed E-state index contributed by atoms with van der Waals surface area (Å²) in [5.41, 5.74) is 2.47. The molecule has 0 spiro atoms. The van der Waals surface area contributed by atoms with E-state index in [2.05, 4.69) is 27.6 Å². The molecule has 92 valence electrons. The Labute approximate surface area is 105 Å². The average Bonchev–Trinajstić information content (AvgIpc) is 2.91. The van der Waals surface area contributed by atoms with Crippen molar-refractivity contribution < 1.29 is 4.79 Å². The first-order chi connectivity index (χ1) is 8.84. The zero-order valence-corrected chi connectivity index (χ0v) is 10.0. The van der Waals surface area contributed by atoms with Crippen molar-refractivity contribution in [3.63, 3.8) is 0 Å². The molecule has 4 heteroatoms. The van der Waals surface area contributed by atoms with Crippen LogP contribution in [0.4, 0.5) is 5.82 Å². The molecule has 1 atom stereocenters. The van der Waals surface area contributed by atoms with Gasteiger partial charge < -0.3 is 5.32 Å². The summed E-state index contributed by atoms with van der Waals surface area (Å²) in [6.07, 6.45) is 4.68. The van der Waals surface area contributed by atoms with Crippen molar-refractivity contribution in [2.24, 2.45) is 0 Å². The van der Waals surface area contributed by atoms with Crippen LogP contribution in [-0.4, -0.2) is 16.1 Å². The fourth-order valence-electron chi connectivity index (χ4n) is 2.57. The summed E-state index contributed by atoms with van der Waals surface area (Å²) in [5.74, 6) is 0.660. The van der Waals surface area contributed by atoms with Gasteiger partial charge in [-0.25, -0.2) is 0 Å². The Morgan fingerprint density at radius 1 is 1.33 bits per heavy atom. The Balaban J connectivity index is 1.83. The molecule has 1 aliphatic rings. The third-order valence-corrected chi connectivity index (χ3v) is 3.44. The van der Waals surface area contributed by atoms with Gasteiger partial charge >= 0.3 is 0 Å². The smallest absolute Gasteiger partial charge is 0.233 e. The molecule has 1 unspecified atom stereocenters. The Hall–Kier alpha value is -2.10. The van der Waals surface area contributed by atoms with E-state index in [1.807, 2.05) is 12.1 Å². The van der Waals surface area contributed by atoms with Crippen LogP contribution >= 0.6 is 0 Å². The number of aromatic amines is 1. The number of aryl methyl sites for hydroxylation is 1. The lowest BCUT2D eigenvalue weighted by molar-refractivity contribution is -0.117. The van der Waals surface area contributed by atoms with Crippen molar-refractivity contribution in [3.05, 3.63) is 47.7 Å². The molecule has 1 amide bonds. The molecular weight excluding hydrogens is 226 g/mol. The maximum atomic E-state index is 12.3. The molecule has 0 bridgehead atoms. The zero-order valence-electron chi connectivity index (χ0n) is 10.0. The lowest BCUT2D eigenvalue weighted by atomic mass is 9.82. The van der Waals surface area contributed by atoms with Crippen LogP contribution in [0.2, 0.25) is 0 Å². The molecule has 4 nitrogen and oxygen atoms in total. The highest BCUT2D eigenvalue weighted by Crippen LogP contribution is 2.32. The number of rotatable bonds is 2. The van der Waals surface area contributed by atoms with Gasteiger partial charge in [0.2, 0.25) is 5.91 Å². The van der Waals surface area contributed by atoms with E-state index in [0.717, 1.165) is 19.3 Å². The lowest BCUT2D eigenvalue weighted by Crippen LogP contribution is -2.24. The molecule has 0 fully saturated rings. The molecule has 0 saturated carbocycles. The summed E-state index contributed by atoms with van der Waals surface area (Å²) < 4.78 is 0. The molecule has 0 aliphatic heterocycles. The molecular formula is C14H15N3O. The minimum atomic E-state index is -0.0433. The number of carbonyl (C=O) groups excluding carboxylic acids is 1. The molecule has 1 heterocycles. The van der Waals surface area contributed by atoms with Crippen molar-refractivity contribution in [1.29, 1.82) is 0 Å². The molecule has 1 aromatic carbocycles. The maximum absolute atomic E-state index is 12.3. The van der Waals surface area contributed by atoms with E-state index < -0.39 is 0 Å². The summed E-state index contributed by atoms with van der Waals surface area (Å²) in [6.45, 7) is 0. The van der Waals surface area contributed by atoms with Gasteiger partial charge in [-0.15, -0.1) is 0 Å². The zero-order chi connectivity index (χ0) is 12.4. The molecule has 2 N–H and O–H groups in total. The number of hydrogen-bond donors (Lipinski definition) is 2. The number of aromatic nitrogens is 2. The Kier molecular flexibility index (Phi) is 2.84. The van der Waals surface area contributed by atoms with Crippen molar-refractivity contribution in [3.8, 4) is 0 Å². The van der Waals surface area contributed by atoms with E-state index in [1.165, 1.54) is 11.1 Å². The first-order valence-corrected chi connectivity index (χ1v) is 6.22. The molecule has 0 radical (unpaired) electrons. The summed E-state index contributed by atoms with van der Waals surface area (Å²) in [4.78, 5) is 12.3. The SMILES string of the molecule is O=C(Nc1ccn[nH]1)C1CCCc2ccccc21. The van der Waals surface area contributed by atoms with E-state index in [1.54, 1.807) is 12.3 Å². The van der Waals surface area contributed by atoms with Crippen LogP contribution in [0.1, 0.15) is 29.9 Å². The summed E-state index contributed by atoms with van der Waals surface area (Å²) in [5, 5.41) is 9.45. The monoisotopic (exact) mass is 241 g/mol. The lowest BCUT2D eigenvalue weighted by Gasteiger charge is -2.24. The minimum Gasteiger partial charge on any atom is -0.311 e. The van der Waals surface area contributed by atoms with Crippen LogP contribution in [-0.2, 0) is 11.2 Å². The van der Waals surface area contributed by atoms with E-state index in [9.17, 15) is 4.79 Å². The standard InChI is InChI=1S/C14H15N3O/c18-14(16-13-8-9-15-17-13)12-7-3-5-10-4-1-2-6-11(10)12/h1-2,4,6,8-9,12H,3,5,7H2,(H2,15,16,17,18). The number of nitrogens with zero attached hydrogens (tertiary/aromatic N) is 1. The molecule has 1 aromatic heterocycles. The van der Waals surface area contributed by atoms with Crippen LogP contribution in [0.5, 0.6) is 0 Å². The van der Waals surface area contributed by atoms with Crippen LogP contribution in [0.15, 0.2) is 36.5 Å². The van der Waals surface area contributed by atoms with Crippen LogP contribution < -0.4 is 5.32 Å². The Morgan fingerprint density at radius 2 is 2.22 bits per heavy atom. The predicted octanol–water partition coefficient (Wildman–Crippen LogP) is 2.47. The summed E-state index contributed by atoms with van der Waals surface area (Å²) in [6, 6.07) is 9.97. The molecule has 1 aliphatic carbocycles. The number of benzene rings is 1. The van der Waals surface area contributed by atoms with E-state index in [-0.39, 0.29) is 11.8 Å². The molecule has 2 aromatic rings. The number of nitrogens with one attached hydrogen (secondary N) is 2. The highest BCUT2D eigenvalue weighted by Gasteiger charge is 2.26. The number of anilines is 1. The molecule has 0 saturated heterocycles. The third kappa shape index (κ3) is 2.01. The van der Waals surface area contributed by atoms with Gasteiger partial charge in [-0.05, 0) is 30.4 Å². The number of carbonyl (C=O) groups is 1. The van der Waals surface area contributed by atoms with Crippen molar-refractivity contribution in [2.45, 2.75) is 25.2 Å². The highest BCUT2D eigenvalue weighted by molar-refractivity contribution is 5.95. The quantitative estimate of drug-likeness (QED) is 0.848. The van der Waals surface area contributed by atoms with Gasteiger partial charge in [-0.2, -0.15) is 5.10 Å². The Morgan fingerprint density at radius 3 is 3.06 bits per heavy atom. The van der Waals surface area contributed by atoms with Gasteiger partial charge in [0.05, 0.1) is 12.1 Å². The normalized spacial score (nSPS) is 18.1. The molecule has 18 heavy (non-hydrogen) atoms. The van der Waals surface area contributed by atoms with E-state index in [0.29, 0.717) is 5.82 Å². The third-order valence-electron chi connectivity index (χ3n) is 3.44. The van der Waals surface area contributed by atoms with Gasteiger partial charge in [0.25, 0.3) is 0 Å².